The predicted molar refractivity (Wildman–Crippen MR) is 63.0 cm³/mol. The van der Waals surface area contributed by atoms with Gasteiger partial charge in [0.05, 0.1) is 6.04 Å². The molecule has 0 amide bonds. The minimum Gasteiger partial charge on any atom is -0.480 e. The second-order valence-electron chi connectivity index (χ2n) is 4.03. The van der Waals surface area contributed by atoms with Crippen LogP contribution in [0.15, 0.2) is 29.3 Å². The number of hydrogen-bond donors (Lipinski definition) is 2. The molecule has 0 saturated heterocycles. The van der Waals surface area contributed by atoms with E-state index < -0.39 is 12.0 Å². The Bertz CT molecular complexity index is 453. The van der Waals surface area contributed by atoms with Gasteiger partial charge in [-0.15, -0.1) is 0 Å². The molecule has 2 rings (SSSR count). The fourth-order valence-electron chi connectivity index (χ4n) is 1.61. The summed E-state index contributed by atoms with van der Waals surface area (Å²) in [5, 5.41) is 8.78. The molecule has 17 heavy (non-hydrogen) atoms. The molecule has 0 spiro atoms. The molecule has 0 aromatic heterocycles. The molecule has 1 aliphatic heterocycles. The smallest absolute Gasteiger partial charge is 0.325 e. The third-order valence-electron chi connectivity index (χ3n) is 2.58. The van der Waals surface area contributed by atoms with Crippen molar-refractivity contribution in [2.75, 3.05) is 6.61 Å². The van der Waals surface area contributed by atoms with Gasteiger partial charge in [0.25, 0.3) is 0 Å². The first-order valence-electron chi connectivity index (χ1n) is 5.37. The lowest BCUT2D eigenvalue weighted by Gasteiger charge is -2.07. The van der Waals surface area contributed by atoms with E-state index in [-0.39, 0.29) is 6.04 Å². The fraction of sp³-hybridized carbons (Fsp3) is 0.333. The van der Waals surface area contributed by atoms with Crippen LogP contribution in [0.5, 0.6) is 0 Å². The van der Waals surface area contributed by atoms with Crippen molar-refractivity contribution in [3.8, 4) is 0 Å². The highest BCUT2D eigenvalue weighted by Gasteiger charge is 2.18. The number of rotatable bonds is 3. The molecule has 90 valence electrons. The van der Waals surface area contributed by atoms with Crippen LogP contribution in [0.3, 0.4) is 0 Å². The van der Waals surface area contributed by atoms with Crippen LogP contribution in [-0.4, -0.2) is 29.6 Å². The van der Waals surface area contributed by atoms with E-state index in [4.69, 9.17) is 15.6 Å². The number of nitrogens with two attached hydrogens (primary N) is 1. The summed E-state index contributed by atoms with van der Waals surface area (Å²) in [4.78, 5) is 15.0. The van der Waals surface area contributed by atoms with E-state index in [9.17, 15) is 4.79 Å². The van der Waals surface area contributed by atoms with Crippen LogP contribution in [0.4, 0.5) is 0 Å². The molecule has 0 saturated carbocycles. The van der Waals surface area contributed by atoms with Crippen molar-refractivity contribution in [2.45, 2.75) is 19.0 Å². The van der Waals surface area contributed by atoms with Crippen molar-refractivity contribution in [3.05, 3.63) is 35.4 Å². The van der Waals surface area contributed by atoms with Gasteiger partial charge in [-0.05, 0) is 24.6 Å². The van der Waals surface area contributed by atoms with Crippen molar-refractivity contribution in [2.24, 2.45) is 10.7 Å². The van der Waals surface area contributed by atoms with Gasteiger partial charge < -0.3 is 15.6 Å². The number of aliphatic imine (C=N–C) groups is 1. The highest BCUT2D eigenvalue weighted by atomic mass is 16.5. The monoisotopic (exact) mass is 234 g/mol. The summed E-state index contributed by atoms with van der Waals surface area (Å²) in [6.07, 6.45) is 0. The van der Waals surface area contributed by atoms with Crippen molar-refractivity contribution in [3.63, 3.8) is 0 Å². The Morgan fingerprint density at radius 2 is 2.18 bits per heavy atom. The van der Waals surface area contributed by atoms with Crippen LogP contribution >= 0.6 is 0 Å². The van der Waals surface area contributed by atoms with Crippen LogP contribution in [0.1, 0.15) is 24.1 Å². The highest BCUT2D eigenvalue weighted by molar-refractivity contribution is 5.95. The minimum atomic E-state index is -1.04. The van der Waals surface area contributed by atoms with Gasteiger partial charge in [0, 0.05) is 5.56 Å². The largest absolute Gasteiger partial charge is 0.480 e. The average Bonchev–Trinajstić information content (AvgIpc) is 2.75. The van der Waals surface area contributed by atoms with E-state index in [2.05, 4.69) is 4.99 Å². The Morgan fingerprint density at radius 3 is 2.65 bits per heavy atom. The van der Waals surface area contributed by atoms with Gasteiger partial charge in [0.15, 0.2) is 0 Å². The maximum atomic E-state index is 10.7. The maximum absolute atomic E-state index is 10.7. The van der Waals surface area contributed by atoms with E-state index in [1.165, 1.54) is 0 Å². The number of carboxylic acids is 1. The van der Waals surface area contributed by atoms with Gasteiger partial charge >= 0.3 is 5.97 Å². The first-order valence-corrected chi connectivity index (χ1v) is 5.37. The average molecular weight is 234 g/mol. The second kappa shape index (κ2) is 4.55. The van der Waals surface area contributed by atoms with Gasteiger partial charge in [-0.3, -0.25) is 4.79 Å². The van der Waals surface area contributed by atoms with Gasteiger partial charge in [0.2, 0.25) is 5.90 Å². The number of ether oxygens (including phenoxy) is 1. The molecule has 5 nitrogen and oxygen atoms in total. The normalized spacial score (nSPS) is 20.6. The zero-order valence-electron chi connectivity index (χ0n) is 9.46. The van der Waals surface area contributed by atoms with Gasteiger partial charge in [-0.25, -0.2) is 4.99 Å². The van der Waals surface area contributed by atoms with Crippen molar-refractivity contribution < 1.29 is 14.6 Å². The molecule has 5 heteroatoms. The summed E-state index contributed by atoms with van der Waals surface area (Å²) in [6, 6.07) is 6.09. The van der Waals surface area contributed by atoms with Crippen molar-refractivity contribution in [1.29, 1.82) is 0 Å². The lowest BCUT2D eigenvalue weighted by Crippen LogP contribution is -2.20. The summed E-state index contributed by atoms with van der Waals surface area (Å²) in [5.41, 5.74) is 6.91. The molecular weight excluding hydrogens is 220 g/mol. The summed E-state index contributed by atoms with van der Waals surface area (Å²) >= 11 is 0. The van der Waals surface area contributed by atoms with E-state index >= 15 is 0 Å². The van der Waals surface area contributed by atoms with E-state index in [0.717, 1.165) is 5.56 Å². The zero-order valence-corrected chi connectivity index (χ0v) is 9.46. The molecule has 3 N–H and O–H groups in total. The fourth-order valence-corrected chi connectivity index (χ4v) is 1.61. The van der Waals surface area contributed by atoms with E-state index in [1.807, 2.05) is 6.92 Å². The standard InChI is InChI=1S/C12H14N2O3/c1-7-6-17-11(14-7)9-4-2-8(3-5-9)10(13)12(15)16/h2-5,7,10H,6,13H2,1H3,(H,15,16). The molecule has 0 aliphatic carbocycles. The summed E-state index contributed by atoms with van der Waals surface area (Å²) in [7, 11) is 0. The van der Waals surface area contributed by atoms with E-state index in [0.29, 0.717) is 18.1 Å². The zero-order chi connectivity index (χ0) is 12.4. The number of nitrogens with zero attached hydrogens (tertiary/aromatic N) is 1. The molecule has 0 fully saturated rings. The number of hydrogen-bond acceptors (Lipinski definition) is 4. The van der Waals surface area contributed by atoms with Crippen LogP contribution in [0.2, 0.25) is 0 Å². The van der Waals surface area contributed by atoms with Gasteiger partial charge in [0.1, 0.15) is 12.6 Å². The number of aliphatic carboxylic acids is 1. The quantitative estimate of drug-likeness (QED) is 0.815. The molecule has 1 aromatic carbocycles. The Kier molecular flexibility index (Phi) is 3.10. The number of carbonyl (C=O) groups is 1. The van der Waals surface area contributed by atoms with E-state index in [1.54, 1.807) is 24.3 Å². The maximum Gasteiger partial charge on any atom is 0.325 e. The Hall–Kier alpha value is -1.88. The van der Waals surface area contributed by atoms with Crippen molar-refractivity contribution >= 4 is 11.9 Å². The van der Waals surface area contributed by atoms with Gasteiger partial charge in [-0.2, -0.15) is 0 Å². The lowest BCUT2D eigenvalue weighted by atomic mass is 10.1. The molecule has 1 heterocycles. The summed E-state index contributed by atoms with van der Waals surface area (Å²) in [6.45, 7) is 2.56. The summed E-state index contributed by atoms with van der Waals surface area (Å²) < 4.78 is 5.40. The molecular formula is C12H14N2O3. The third-order valence-corrected chi connectivity index (χ3v) is 2.58. The summed E-state index contributed by atoms with van der Waals surface area (Å²) in [5.74, 6) is -0.436. The first kappa shape index (κ1) is 11.6. The number of carboxylic acid groups (broad SMARTS) is 1. The predicted octanol–water partition coefficient (Wildman–Crippen LogP) is 0.936. The molecule has 2 unspecified atom stereocenters. The number of benzene rings is 1. The first-order chi connectivity index (χ1) is 8.08. The third kappa shape index (κ3) is 2.45. The molecule has 0 bridgehead atoms. The Labute approximate surface area is 98.9 Å². The molecule has 2 atom stereocenters. The van der Waals surface area contributed by atoms with Crippen LogP contribution in [0.25, 0.3) is 0 Å². The Morgan fingerprint density at radius 1 is 1.53 bits per heavy atom. The Balaban J connectivity index is 2.19. The van der Waals surface area contributed by atoms with Crippen molar-refractivity contribution in [1.82, 2.24) is 0 Å². The van der Waals surface area contributed by atoms with Crippen LogP contribution < -0.4 is 5.73 Å². The molecule has 0 radical (unpaired) electrons. The highest BCUT2D eigenvalue weighted by Crippen LogP contribution is 2.15. The second-order valence-corrected chi connectivity index (χ2v) is 4.03. The topological polar surface area (TPSA) is 84.9 Å². The molecule has 1 aromatic rings. The van der Waals surface area contributed by atoms with Crippen LogP contribution in [0, 0.1) is 0 Å². The minimum absolute atomic E-state index is 0.172. The SMILES string of the molecule is CC1COC(c2ccc(C(N)C(=O)O)cc2)=N1. The van der Waals surface area contributed by atoms with Gasteiger partial charge in [-0.1, -0.05) is 12.1 Å². The lowest BCUT2D eigenvalue weighted by molar-refractivity contribution is -0.138. The van der Waals surface area contributed by atoms with Crippen LogP contribution in [-0.2, 0) is 9.53 Å². The molecule has 1 aliphatic rings.